The van der Waals surface area contributed by atoms with E-state index in [9.17, 15) is 14.7 Å². The second kappa shape index (κ2) is 9.45. The molecule has 0 radical (unpaired) electrons. The summed E-state index contributed by atoms with van der Waals surface area (Å²) in [5.41, 5.74) is 4.22. The third-order valence-corrected chi connectivity index (χ3v) is 4.38. The molecule has 0 saturated heterocycles. The van der Waals surface area contributed by atoms with Crippen molar-refractivity contribution in [1.82, 2.24) is 5.32 Å². The lowest BCUT2D eigenvalue weighted by atomic mass is 9.85. The third-order valence-electron chi connectivity index (χ3n) is 4.38. The van der Waals surface area contributed by atoms with E-state index in [-0.39, 0.29) is 24.0 Å². The van der Waals surface area contributed by atoms with E-state index in [0.29, 0.717) is 5.56 Å². The number of para-hydroxylation sites is 1. The van der Waals surface area contributed by atoms with Crippen molar-refractivity contribution in [3.05, 3.63) is 65.7 Å². The lowest BCUT2D eigenvalue weighted by Gasteiger charge is -2.29. The third kappa shape index (κ3) is 4.56. The van der Waals surface area contributed by atoms with Gasteiger partial charge in [0.05, 0.1) is 0 Å². The Morgan fingerprint density at radius 3 is 2.32 bits per heavy atom. The average molecular weight is 386 g/mol. The number of nitrogens with one attached hydrogen (secondary N) is 1. The lowest BCUT2D eigenvalue weighted by molar-refractivity contribution is -0.140. The Balaban J connectivity index is 2.53. The highest BCUT2D eigenvalue weighted by Gasteiger charge is 2.42. The Morgan fingerprint density at radius 2 is 1.71 bits per heavy atom. The molecular weight excluding hydrogens is 360 g/mol. The standard InChI is InChI=1S/C21H26N2O5/c1-14(2)18(22)19(24)28-17-12-8-7-11-16(17)21(26,20(25)23-13-27-3)15-9-5-4-6-10-15/h4-12,14,18,26H,13,22H2,1-3H3,(H,23,25)/t18-,21-/m1/s1. The number of aliphatic hydroxyl groups is 1. The number of hydrogen-bond acceptors (Lipinski definition) is 6. The second-order valence-electron chi connectivity index (χ2n) is 6.70. The normalized spacial score (nSPS) is 14.2. The zero-order valence-electron chi connectivity index (χ0n) is 16.2. The van der Waals surface area contributed by atoms with Crippen LogP contribution in [0.5, 0.6) is 5.75 Å². The molecule has 0 spiro atoms. The monoisotopic (exact) mass is 386 g/mol. The summed E-state index contributed by atoms with van der Waals surface area (Å²) in [7, 11) is 1.42. The summed E-state index contributed by atoms with van der Waals surface area (Å²) in [5, 5.41) is 14.0. The largest absolute Gasteiger partial charge is 0.425 e. The summed E-state index contributed by atoms with van der Waals surface area (Å²) in [4.78, 5) is 25.3. The predicted octanol–water partition coefficient (Wildman–Crippen LogP) is 1.53. The molecule has 2 rings (SSSR count). The highest BCUT2D eigenvalue weighted by atomic mass is 16.5. The van der Waals surface area contributed by atoms with Gasteiger partial charge >= 0.3 is 5.97 Å². The van der Waals surface area contributed by atoms with Crippen LogP contribution in [0.15, 0.2) is 54.6 Å². The first-order chi connectivity index (χ1) is 13.3. The van der Waals surface area contributed by atoms with E-state index in [0.717, 1.165) is 0 Å². The zero-order chi connectivity index (χ0) is 20.7. The van der Waals surface area contributed by atoms with Gasteiger partial charge in [-0.1, -0.05) is 62.4 Å². The number of nitrogens with two attached hydrogens (primary N) is 1. The number of ether oxygens (including phenoxy) is 2. The maximum absolute atomic E-state index is 12.9. The molecule has 7 heteroatoms. The van der Waals surface area contributed by atoms with Gasteiger partial charge in [-0.3, -0.25) is 4.79 Å². The molecule has 0 aromatic heterocycles. The van der Waals surface area contributed by atoms with Gasteiger partial charge in [-0.05, 0) is 17.5 Å². The van der Waals surface area contributed by atoms with Gasteiger partial charge in [-0.15, -0.1) is 0 Å². The van der Waals surface area contributed by atoms with E-state index in [4.69, 9.17) is 15.2 Å². The fourth-order valence-electron chi connectivity index (χ4n) is 2.66. The van der Waals surface area contributed by atoms with Crippen molar-refractivity contribution in [2.75, 3.05) is 13.8 Å². The zero-order valence-corrected chi connectivity index (χ0v) is 16.2. The minimum Gasteiger partial charge on any atom is -0.425 e. The molecule has 0 saturated carbocycles. The Morgan fingerprint density at radius 1 is 1.11 bits per heavy atom. The van der Waals surface area contributed by atoms with Crippen molar-refractivity contribution in [3.8, 4) is 5.75 Å². The van der Waals surface area contributed by atoms with Crippen molar-refractivity contribution < 1.29 is 24.2 Å². The Labute approximate surface area is 164 Å². The molecule has 0 fully saturated rings. The topological polar surface area (TPSA) is 111 Å². The molecule has 0 bridgehead atoms. The molecule has 0 aliphatic rings. The smallest absolute Gasteiger partial charge is 0.328 e. The molecule has 28 heavy (non-hydrogen) atoms. The minimum atomic E-state index is -2.10. The highest BCUT2D eigenvalue weighted by Crippen LogP contribution is 2.36. The first-order valence-electron chi connectivity index (χ1n) is 8.94. The van der Waals surface area contributed by atoms with Crippen LogP contribution in [0.25, 0.3) is 0 Å². The van der Waals surface area contributed by atoms with E-state index in [1.807, 2.05) is 0 Å². The van der Waals surface area contributed by atoms with Gasteiger partial charge in [0.2, 0.25) is 0 Å². The first kappa shape index (κ1) is 21.6. The van der Waals surface area contributed by atoms with Crippen LogP contribution in [0.2, 0.25) is 0 Å². The van der Waals surface area contributed by atoms with Gasteiger partial charge in [0.25, 0.3) is 5.91 Å². The fraction of sp³-hybridized carbons (Fsp3) is 0.333. The van der Waals surface area contributed by atoms with Crippen LogP contribution in [-0.2, 0) is 19.9 Å². The number of esters is 1. The lowest BCUT2D eigenvalue weighted by Crippen LogP contribution is -2.46. The number of hydrogen-bond donors (Lipinski definition) is 3. The summed E-state index contributed by atoms with van der Waals surface area (Å²) in [5.74, 6) is -1.42. The number of amides is 1. The van der Waals surface area contributed by atoms with Crippen LogP contribution in [0.4, 0.5) is 0 Å². The summed E-state index contributed by atoms with van der Waals surface area (Å²) < 4.78 is 10.3. The van der Waals surface area contributed by atoms with Gasteiger partial charge < -0.3 is 25.6 Å². The van der Waals surface area contributed by atoms with Crippen LogP contribution >= 0.6 is 0 Å². The maximum atomic E-state index is 12.9. The van der Waals surface area contributed by atoms with E-state index in [1.165, 1.54) is 19.2 Å². The van der Waals surface area contributed by atoms with Gasteiger partial charge in [-0.2, -0.15) is 0 Å². The molecule has 1 amide bonds. The summed E-state index contributed by atoms with van der Waals surface area (Å²) in [6.07, 6.45) is 0. The predicted molar refractivity (Wildman–Crippen MR) is 104 cm³/mol. The number of rotatable bonds is 8. The Kier molecular flexibility index (Phi) is 7.28. The highest BCUT2D eigenvalue weighted by molar-refractivity contribution is 5.91. The molecule has 2 aromatic rings. The molecule has 0 heterocycles. The molecule has 0 aliphatic carbocycles. The summed E-state index contributed by atoms with van der Waals surface area (Å²) in [6.45, 7) is 3.51. The van der Waals surface area contributed by atoms with E-state index in [2.05, 4.69) is 5.32 Å². The number of carbonyl (C=O) groups is 2. The molecular formula is C21H26N2O5. The molecule has 7 nitrogen and oxygen atoms in total. The van der Waals surface area contributed by atoms with Crippen LogP contribution < -0.4 is 15.8 Å². The summed E-state index contributed by atoms with van der Waals surface area (Å²) >= 11 is 0. The Hall–Kier alpha value is -2.74. The number of carbonyl (C=O) groups excluding carboxylic acids is 2. The van der Waals surface area contributed by atoms with Crippen molar-refractivity contribution >= 4 is 11.9 Å². The van der Waals surface area contributed by atoms with E-state index < -0.39 is 23.5 Å². The van der Waals surface area contributed by atoms with Crippen LogP contribution in [0, 0.1) is 5.92 Å². The fourth-order valence-corrected chi connectivity index (χ4v) is 2.66. The van der Waals surface area contributed by atoms with Crippen molar-refractivity contribution in [1.29, 1.82) is 0 Å². The van der Waals surface area contributed by atoms with E-state index >= 15 is 0 Å². The second-order valence-corrected chi connectivity index (χ2v) is 6.70. The van der Waals surface area contributed by atoms with E-state index in [1.54, 1.807) is 56.3 Å². The van der Waals surface area contributed by atoms with Crippen LogP contribution in [-0.4, -0.2) is 36.9 Å². The molecule has 150 valence electrons. The molecule has 0 unspecified atom stereocenters. The maximum Gasteiger partial charge on any atom is 0.328 e. The SMILES string of the molecule is COCNC(=O)[C@@](O)(c1ccccc1)c1ccccc1OC(=O)[C@H](N)C(C)C. The molecule has 2 aromatic carbocycles. The van der Waals surface area contributed by atoms with Crippen LogP contribution in [0.3, 0.4) is 0 Å². The molecule has 2 atom stereocenters. The Bertz CT molecular complexity index is 809. The van der Waals surface area contributed by atoms with Crippen LogP contribution in [0.1, 0.15) is 25.0 Å². The van der Waals surface area contributed by atoms with Gasteiger partial charge in [0.1, 0.15) is 18.5 Å². The quantitative estimate of drug-likeness (QED) is 0.360. The van der Waals surface area contributed by atoms with Crippen molar-refractivity contribution in [3.63, 3.8) is 0 Å². The van der Waals surface area contributed by atoms with Gasteiger partial charge in [0, 0.05) is 12.7 Å². The first-order valence-corrected chi connectivity index (χ1v) is 8.94. The molecule has 0 aliphatic heterocycles. The minimum absolute atomic E-state index is 0.0579. The number of benzene rings is 2. The van der Waals surface area contributed by atoms with Gasteiger partial charge in [0.15, 0.2) is 5.60 Å². The number of methoxy groups -OCH3 is 1. The summed E-state index contributed by atoms with van der Waals surface area (Å²) in [6, 6.07) is 13.9. The van der Waals surface area contributed by atoms with Crippen molar-refractivity contribution in [2.24, 2.45) is 11.7 Å². The van der Waals surface area contributed by atoms with Crippen molar-refractivity contribution in [2.45, 2.75) is 25.5 Å². The van der Waals surface area contributed by atoms with Gasteiger partial charge in [-0.25, -0.2) is 4.79 Å². The molecule has 4 N–H and O–H groups in total. The average Bonchev–Trinajstić information content (AvgIpc) is 2.71.